The summed E-state index contributed by atoms with van der Waals surface area (Å²) >= 11 is 20.1. The third kappa shape index (κ3) is 4.41. The lowest BCUT2D eigenvalue weighted by molar-refractivity contribution is 0.247. The molecule has 2 aromatic carbocycles. The topological polar surface area (TPSA) is 19.4 Å². The molecule has 3 nitrogen and oxygen atoms in total. The Bertz CT molecular complexity index is 936. The predicted molar refractivity (Wildman–Crippen MR) is 117 cm³/mol. The number of aromatic nitrogens is 1. The maximum Gasteiger partial charge on any atom is 0.125 e. The first-order chi connectivity index (χ1) is 13.1. The Hall–Kier alpha value is -1.30. The van der Waals surface area contributed by atoms with Gasteiger partial charge in [0.15, 0.2) is 0 Å². The van der Waals surface area contributed by atoms with Gasteiger partial charge in [-0.05, 0) is 24.3 Å². The zero-order valence-corrected chi connectivity index (χ0v) is 17.6. The zero-order chi connectivity index (χ0) is 18.8. The van der Waals surface area contributed by atoms with Crippen LogP contribution in [0.4, 0.5) is 5.69 Å². The smallest absolute Gasteiger partial charge is 0.125 e. The van der Waals surface area contributed by atoms with Crippen molar-refractivity contribution in [3.05, 3.63) is 68.6 Å². The molecule has 27 heavy (non-hydrogen) atoms. The van der Waals surface area contributed by atoms with Crippen LogP contribution < -0.4 is 4.90 Å². The van der Waals surface area contributed by atoms with Crippen molar-refractivity contribution in [3.8, 4) is 10.6 Å². The minimum atomic E-state index is 0.594. The molecule has 3 aromatic rings. The van der Waals surface area contributed by atoms with E-state index < -0.39 is 0 Å². The lowest BCUT2D eigenvalue weighted by Gasteiger charge is -2.35. The lowest BCUT2D eigenvalue weighted by Crippen LogP contribution is -2.46. The summed E-state index contributed by atoms with van der Waals surface area (Å²) < 4.78 is 0. The highest BCUT2D eigenvalue weighted by atomic mass is 35.5. The van der Waals surface area contributed by atoms with Gasteiger partial charge in [0.05, 0.1) is 20.8 Å². The average Bonchev–Trinajstić information content (AvgIpc) is 3.13. The number of halogens is 3. The van der Waals surface area contributed by atoms with Gasteiger partial charge in [0, 0.05) is 49.4 Å². The maximum absolute atomic E-state index is 6.29. The number of nitrogens with zero attached hydrogens (tertiary/aromatic N) is 3. The first kappa shape index (κ1) is 19.0. The second-order valence-corrected chi connectivity index (χ2v) is 8.57. The largest absolute Gasteiger partial charge is 0.369 e. The molecule has 4 rings (SSSR count). The quantitative estimate of drug-likeness (QED) is 0.491. The van der Waals surface area contributed by atoms with Crippen molar-refractivity contribution in [2.24, 2.45) is 0 Å². The first-order valence-corrected chi connectivity index (χ1v) is 10.7. The third-order valence-corrected chi connectivity index (χ3v) is 6.68. The van der Waals surface area contributed by atoms with Crippen LogP contribution in [-0.2, 0) is 6.54 Å². The van der Waals surface area contributed by atoms with Gasteiger partial charge < -0.3 is 4.90 Å². The highest BCUT2D eigenvalue weighted by Crippen LogP contribution is 2.31. The van der Waals surface area contributed by atoms with Crippen LogP contribution in [0.3, 0.4) is 0 Å². The Morgan fingerprint density at radius 3 is 2.41 bits per heavy atom. The highest BCUT2D eigenvalue weighted by Gasteiger charge is 2.19. The van der Waals surface area contributed by atoms with E-state index in [0.29, 0.717) is 10.0 Å². The number of anilines is 1. The summed E-state index contributed by atoms with van der Waals surface area (Å²) in [6.45, 7) is 4.74. The van der Waals surface area contributed by atoms with E-state index in [1.807, 2.05) is 42.5 Å². The molecule has 0 aliphatic carbocycles. The molecule has 0 amide bonds. The molecule has 1 aliphatic heterocycles. The van der Waals surface area contributed by atoms with Crippen LogP contribution in [0.25, 0.3) is 10.6 Å². The van der Waals surface area contributed by atoms with Crippen molar-refractivity contribution < 1.29 is 0 Å². The van der Waals surface area contributed by atoms with Gasteiger partial charge in [-0.25, -0.2) is 4.98 Å². The number of thiazole rings is 1. The summed E-state index contributed by atoms with van der Waals surface area (Å²) in [5.41, 5.74) is 3.22. The number of hydrogen-bond donors (Lipinski definition) is 0. The fourth-order valence-electron chi connectivity index (χ4n) is 3.21. The molecule has 1 saturated heterocycles. The fraction of sp³-hybridized carbons (Fsp3) is 0.250. The summed E-state index contributed by atoms with van der Waals surface area (Å²) in [6, 6.07) is 13.7. The molecule has 0 bridgehead atoms. The Labute approximate surface area is 178 Å². The van der Waals surface area contributed by atoms with E-state index in [2.05, 4.69) is 15.2 Å². The van der Waals surface area contributed by atoms with E-state index in [9.17, 15) is 0 Å². The standard InChI is InChI=1S/C20H18Cl3N3S/c21-17-4-2-1-3-16(17)20-24-14(13-27-20)12-25-7-9-26(10-8-25)15-5-6-18(22)19(23)11-15/h1-6,11,13H,7-10,12H2. The average molecular weight is 439 g/mol. The van der Waals surface area contributed by atoms with E-state index in [0.717, 1.165) is 59.7 Å². The molecular weight excluding hydrogens is 421 g/mol. The van der Waals surface area contributed by atoms with Crippen molar-refractivity contribution >= 4 is 51.8 Å². The summed E-state index contributed by atoms with van der Waals surface area (Å²) in [6.07, 6.45) is 0. The Kier molecular flexibility index (Phi) is 5.90. The van der Waals surface area contributed by atoms with Gasteiger partial charge in [0.2, 0.25) is 0 Å². The third-order valence-electron chi connectivity index (χ3n) is 4.68. The van der Waals surface area contributed by atoms with Gasteiger partial charge in [-0.1, -0.05) is 53.0 Å². The minimum Gasteiger partial charge on any atom is -0.369 e. The number of benzene rings is 2. The van der Waals surface area contributed by atoms with Crippen molar-refractivity contribution in [3.63, 3.8) is 0 Å². The fourth-order valence-corrected chi connectivity index (χ4v) is 4.64. The SMILES string of the molecule is Clc1ccc(N2CCN(Cc3csc(-c4ccccc4Cl)n3)CC2)cc1Cl. The van der Waals surface area contributed by atoms with Gasteiger partial charge >= 0.3 is 0 Å². The summed E-state index contributed by atoms with van der Waals surface area (Å²) in [7, 11) is 0. The predicted octanol–water partition coefficient (Wildman–Crippen LogP) is 6.09. The van der Waals surface area contributed by atoms with Crippen LogP contribution in [0, 0.1) is 0 Å². The normalized spacial score (nSPS) is 15.3. The maximum atomic E-state index is 6.29. The van der Waals surface area contributed by atoms with Gasteiger partial charge in [-0.15, -0.1) is 11.3 Å². The molecule has 2 heterocycles. The van der Waals surface area contributed by atoms with Crippen LogP contribution in [-0.4, -0.2) is 36.1 Å². The van der Waals surface area contributed by atoms with Gasteiger partial charge in [0.25, 0.3) is 0 Å². The van der Waals surface area contributed by atoms with Crippen LogP contribution in [0.2, 0.25) is 15.1 Å². The summed E-state index contributed by atoms with van der Waals surface area (Å²) in [4.78, 5) is 9.55. The van der Waals surface area contributed by atoms with Crippen LogP contribution in [0.15, 0.2) is 47.8 Å². The summed E-state index contributed by atoms with van der Waals surface area (Å²) in [5, 5.41) is 5.05. The van der Waals surface area contributed by atoms with E-state index in [1.54, 1.807) is 11.3 Å². The minimum absolute atomic E-state index is 0.594. The number of piperazine rings is 1. The zero-order valence-electron chi connectivity index (χ0n) is 14.5. The molecule has 0 saturated carbocycles. The second kappa shape index (κ2) is 8.38. The van der Waals surface area contributed by atoms with Crippen molar-refractivity contribution in [1.29, 1.82) is 0 Å². The van der Waals surface area contributed by atoms with Crippen molar-refractivity contribution in [1.82, 2.24) is 9.88 Å². The van der Waals surface area contributed by atoms with Crippen LogP contribution >= 0.6 is 46.1 Å². The molecule has 1 aromatic heterocycles. The molecule has 0 radical (unpaired) electrons. The lowest BCUT2D eigenvalue weighted by atomic mass is 10.2. The first-order valence-electron chi connectivity index (χ1n) is 8.72. The Balaban J connectivity index is 1.37. The molecule has 0 N–H and O–H groups in total. The van der Waals surface area contributed by atoms with E-state index in [1.165, 1.54) is 0 Å². The highest BCUT2D eigenvalue weighted by molar-refractivity contribution is 7.13. The van der Waals surface area contributed by atoms with Crippen molar-refractivity contribution in [2.75, 3.05) is 31.1 Å². The van der Waals surface area contributed by atoms with Crippen molar-refractivity contribution in [2.45, 2.75) is 6.54 Å². The molecular formula is C20H18Cl3N3S. The van der Waals surface area contributed by atoms with Crippen LogP contribution in [0.1, 0.15) is 5.69 Å². The van der Waals surface area contributed by atoms with Gasteiger partial charge in [-0.2, -0.15) is 0 Å². The Morgan fingerprint density at radius 2 is 1.67 bits per heavy atom. The Morgan fingerprint density at radius 1 is 0.889 bits per heavy atom. The molecule has 1 aliphatic rings. The molecule has 0 atom stereocenters. The molecule has 0 spiro atoms. The summed E-state index contributed by atoms with van der Waals surface area (Å²) in [5.74, 6) is 0. The monoisotopic (exact) mass is 437 g/mol. The molecule has 140 valence electrons. The van der Waals surface area contributed by atoms with Gasteiger partial charge in [0.1, 0.15) is 5.01 Å². The molecule has 7 heteroatoms. The van der Waals surface area contributed by atoms with E-state index in [-0.39, 0.29) is 0 Å². The van der Waals surface area contributed by atoms with E-state index in [4.69, 9.17) is 39.8 Å². The number of rotatable bonds is 4. The molecule has 0 unspecified atom stereocenters. The van der Waals surface area contributed by atoms with Crippen LogP contribution in [0.5, 0.6) is 0 Å². The molecule has 1 fully saturated rings. The van der Waals surface area contributed by atoms with Gasteiger partial charge in [-0.3, -0.25) is 4.90 Å². The number of hydrogen-bond acceptors (Lipinski definition) is 4. The van der Waals surface area contributed by atoms with E-state index >= 15 is 0 Å². The second-order valence-electron chi connectivity index (χ2n) is 6.49.